The summed E-state index contributed by atoms with van der Waals surface area (Å²) in [6.07, 6.45) is 1.60. The largest absolute Gasteiger partial charge is 0.481 e. The van der Waals surface area contributed by atoms with Crippen LogP contribution in [0.2, 0.25) is 0 Å². The highest BCUT2D eigenvalue weighted by Gasteiger charge is 2.34. The van der Waals surface area contributed by atoms with Gasteiger partial charge in [-0.1, -0.05) is 55.0 Å². The minimum Gasteiger partial charge on any atom is -0.481 e. The van der Waals surface area contributed by atoms with Gasteiger partial charge in [-0.25, -0.2) is 4.79 Å². The first-order valence-corrected chi connectivity index (χ1v) is 12.1. The summed E-state index contributed by atoms with van der Waals surface area (Å²) < 4.78 is 5.60. The van der Waals surface area contributed by atoms with Crippen molar-refractivity contribution in [3.8, 4) is 11.1 Å². The number of ether oxygens (including phenoxy) is 1. The molecular weight excluding hydrogens is 446 g/mol. The minimum absolute atomic E-state index is 0.0652. The van der Waals surface area contributed by atoms with Crippen LogP contribution in [0.25, 0.3) is 11.1 Å². The van der Waals surface area contributed by atoms with Crippen molar-refractivity contribution in [2.24, 2.45) is 11.8 Å². The standard InChI is InChI=1S/C27H33N3O5/c1-30(2)15-24(25(31)28-14-17-8-7-13-18(17)26(32)33)29-27(34)35-16-23-21-11-5-3-9-19(21)20-10-4-6-12-22(20)23/h3-6,9-12,17-18,23-24H,7-8,13-16H2,1-2H3,(H,28,31)(H,29,34)(H,32,33)/t17-,18-,24-/m0/s1. The molecule has 2 aromatic rings. The van der Waals surface area contributed by atoms with Crippen LogP contribution in [0.5, 0.6) is 0 Å². The van der Waals surface area contributed by atoms with Crippen molar-refractivity contribution in [1.29, 1.82) is 0 Å². The van der Waals surface area contributed by atoms with Crippen LogP contribution < -0.4 is 10.6 Å². The number of nitrogens with zero attached hydrogens (tertiary/aromatic N) is 1. The zero-order valence-electron chi connectivity index (χ0n) is 20.2. The molecule has 8 heteroatoms. The van der Waals surface area contributed by atoms with Crippen LogP contribution in [-0.4, -0.2) is 67.8 Å². The van der Waals surface area contributed by atoms with Gasteiger partial charge in [-0.3, -0.25) is 9.59 Å². The molecule has 186 valence electrons. The van der Waals surface area contributed by atoms with E-state index in [9.17, 15) is 19.5 Å². The molecule has 1 fully saturated rings. The Labute approximate surface area is 205 Å². The van der Waals surface area contributed by atoms with Crippen LogP contribution in [0, 0.1) is 11.8 Å². The molecule has 0 aliphatic heterocycles. The van der Waals surface area contributed by atoms with Crippen molar-refractivity contribution in [2.45, 2.75) is 31.2 Å². The lowest BCUT2D eigenvalue weighted by atomic mass is 9.96. The van der Waals surface area contributed by atoms with Gasteiger partial charge in [-0.15, -0.1) is 0 Å². The predicted octanol–water partition coefficient (Wildman–Crippen LogP) is 3.07. The summed E-state index contributed by atoms with van der Waals surface area (Å²) in [5.74, 6) is -1.75. The lowest BCUT2D eigenvalue weighted by Gasteiger charge is -2.23. The number of hydrogen-bond donors (Lipinski definition) is 3. The number of fused-ring (bicyclic) bond motifs is 3. The number of amides is 2. The topological polar surface area (TPSA) is 108 Å². The summed E-state index contributed by atoms with van der Waals surface area (Å²) in [5.41, 5.74) is 4.53. The van der Waals surface area contributed by atoms with E-state index in [4.69, 9.17) is 4.74 Å². The lowest BCUT2D eigenvalue weighted by Crippen LogP contribution is -2.52. The van der Waals surface area contributed by atoms with Crippen LogP contribution >= 0.6 is 0 Å². The van der Waals surface area contributed by atoms with Crippen molar-refractivity contribution in [1.82, 2.24) is 15.5 Å². The van der Waals surface area contributed by atoms with E-state index in [0.29, 0.717) is 13.0 Å². The molecule has 8 nitrogen and oxygen atoms in total. The van der Waals surface area contributed by atoms with Gasteiger partial charge in [0.1, 0.15) is 12.6 Å². The number of carbonyl (C=O) groups is 3. The molecule has 0 saturated heterocycles. The molecular formula is C27H33N3O5. The molecule has 2 aliphatic rings. The van der Waals surface area contributed by atoms with Crippen LogP contribution in [0.4, 0.5) is 4.79 Å². The number of alkyl carbamates (subject to hydrolysis) is 1. The molecule has 1 saturated carbocycles. The Hall–Kier alpha value is -3.39. The fourth-order valence-electron chi connectivity index (χ4n) is 5.30. The smallest absolute Gasteiger partial charge is 0.407 e. The number of hydrogen-bond acceptors (Lipinski definition) is 5. The zero-order valence-corrected chi connectivity index (χ0v) is 20.2. The first-order valence-electron chi connectivity index (χ1n) is 12.1. The molecule has 3 N–H and O–H groups in total. The maximum absolute atomic E-state index is 12.9. The van der Waals surface area contributed by atoms with Gasteiger partial charge in [-0.2, -0.15) is 0 Å². The number of rotatable bonds is 9. The zero-order chi connectivity index (χ0) is 24.9. The monoisotopic (exact) mass is 479 g/mol. The highest BCUT2D eigenvalue weighted by molar-refractivity contribution is 5.86. The van der Waals surface area contributed by atoms with Gasteiger partial charge in [-0.05, 0) is 55.1 Å². The van der Waals surface area contributed by atoms with Crippen molar-refractivity contribution >= 4 is 18.0 Å². The molecule has 2 amide bonds. The van der Waals surface area contributed by atoms with E-state index in [1.165, 1.54) is 0 Å². The SMILES string of the molecule is CN(C)C[C@H](NC(=O)OCC1c2ccccc2-c2ccccc21)C(=O)NC[C@@H]1CCC[C@@H]1C(=O)O. The van der Waals surface area contributed by atoms with Crippen molar-refractivity contribution in [3.63, 3.8) is 0 Å². The molecule has 2 aliphatic carbocycles. The number of carbonyl (C=O) groups excluding carboxylic acids is 2. The fourth-order valence-corrected chi connectivity index (χ4v) is 5.30. The van der Waals surface area contributed by atoms with Crippen LogP contribution in [-0.2, 0) is 14.3 Å². The number of nitrogens with one attached hydrogen (secondary N) is 2. The Bertz CT molecular complexity index is 1040. The maximum atomic E-state index is 12.9. The summed E-state index contributed by atoms with van der Waals surface area (Å²) in [5, 5.41) is 14.9. The lowest BCUT2D eigenvalue weighted by molar-refractivity contribution is -0.143. The second kappa shape index (κ2) is 10.9. The molecule has 2 aromatic carbocycles. The van der Waals surface area contributed by atoms with Crippen molar-refractivity contribution in [3.05, 3.63) is 59.7 Å². The van der Waals surface area contributed by atoms with Gasteiger partial charge in [0.15, 0.2) is 0 Å². The van der Waals surface area contributed by atoms with E-state index in [2.05, 4.69) is 34.9 Å². The number of aliphatic carboxylic acids is 1. The molecule has 0 heterocycles. The van der Waals surface area contributed by atoms with Crippen molar-refractivity contribution in [2.75, 3.05) is 33.8 Å². The Morgan fingerprint density at radius 3 is 2.26 bits per heavy atom. The number of carboxylic acid groups (broad SMARTS) is 1. The Kier molecular flexibility index (Phi) is 7.70. The maximum Gasteiger partial charge on any atom is 0.407 e. The van der Waals surface area contributed by atoms with E-state index in [1.807, 2.05) is 43.3 Å². The second-order valence-electron chi connectivity index (χ2n) is 9.67. The molecule has 4 rings (SSSR count). The van der Waals surface area contributed by atoms with Gasteiger partial charge >= 0.3 is 12.1 Å². The van der Waals surface area contributed by atoms with E-state index in [0.717, 1.165) is 35.1 Å². The van der Waals surface area contributed by atoms with E-state index in [-0.39, 0.29) is 30.9 Å². The average molecular weight is 480 g/mol. The first kappa shape index (κ1) is 24.7. The summed E-state index contributed by atoms with van der Waals surface area (Å²) in [4.78, 5) is 38.8. The third-order valence-corrected chi connectivity index (χ3v) is 7.01. The van der Waals surface area contributed by atoms with E-state index < -0.39 is 24.0 Å². The Morgan fingerprint density at radius 1 is 1.03 bits per heavy atom. The third kappa shape index (κ3) is 5.65. The molecule has 0 radical (unpaired) electrons. The molecule has 0 unspecified atom stereocenters. The normalized spacial score (nSPS) is 19.6. The Balaban J connectivity index is 1.36. The van der Waals surface area contributed by atoms with Gasteiger partial charge in [0.25, 0.3) is 0 Å². The third-order valence-electron chi connectivity index (χ3n) is 7.01. The first-order chi connectivity index (χ1) is 16.8. The average Bonchev–Trinajstić information content (AvgIpc) is 3.43. The van der Waals surface area contributed by atoms with Gasteiger partial charge in [0.05, 0.1) is 5.92 Å². The second-order valence-corrected chi connectivity index (χ2v) is 9.67. The van der Waals surface area contributed by atoms with Gasteiger partial charge < -0.3 is 25.4 Å². The van der Waals surface area contributed by atoms with Crippen molar-refractivity contribution < 1.29 is 24.2 Å². The van der Waals surface area contributed by atoms with E-state index in [1.54, 1.807) is 0 Å². The highest BCUT2D eigenvalue weighted by Crippen LogP contribution is 2.44. The number of benzene rings is 2. The minimum atomic E-state index is -0.816. The van der Waals surface area contributed by atoms with Crippen LogP contribution in [0.3, 0.4) is 0 Å². The van der Waals surface area contributed by atoms with Crippen LogP contribution in [0.15, 0.2) is 48.5 Å². The quantitative estimate of drug-likeness (QED) is 0.510. The molecule has 3 atom stereocenters. The summed E-state index contributed by atoms with van der Waals surface area (Å²) in [6.45, 7) is 0.744. The fraction of sp³-hybridized carbons (Fsp3) is 0.444. The number of likely N-dealkylation sites (N-methyl/N-ethyl adjacent to an activating group) is 1. The summed E-state index contributed by atoms with van der Waals surface area (Å²) >= 11 is 0. The van der Waals surface area contributed by atoms with Gasteiger partial charge in [0, 0.05) is 19.0 Å². The summed E-state index contributed by atoms with van der Waals surface area (Å²) in [6, 6.07) is 15.4. The van der Waals surface area contributed by atoms with E-state index >= 15 is 0 Å². The highest BCUT2D eigenvalue weighted by atomic mass is 16.5. The molecule has 0 aromatic heterocycles. The molecule has 0 bridgehead atoms. The Morgan fingerprint density at radius 2 is 1.66 bits per heavy atom. The molecule has 0 spiro atoms. The number of carboxylic acids is 1. The van der Waals surface area contributed by atoms with Gasteiger partial charge in [0.2, 0.25) is 5.91 Å². The van der Waals surface area contributed by atoms with Crippen LogP contribution in [0.1, 0.15) is 36.3 Å². The predicted molar refractivity (Wildman–Crippen MR) is 132 cm³/mol. The molecule has 35 heavy (non-hydrogen) atoms. The summed E-state index contributed by atoms with van der Waals surface area (Å²) in [7, 11) is 3.63.